The summed E-state index contributed by atoms with van der Waals surface area (Å²) in [6.45, 7) is 3.45. The summed E-state index contributed by atoms with van der Waals surface area (Å²) >= 11 is 0. The number of rotatable bonds is 3. The van der Waals surface area contributed by atoms with Crippen LogP contribution in [0.1, 0.15) is 5.56 Å². The number of halogens is 1. The molecular formula is C13H20FN3O2S. The quantitative estimate of drug-likeness (QED) is 0.877. The topological polar surface area (TPSA) is 66.6 Å². The lowest BCUT2D eigenvalue weighted by molar-refractivity contribution is 0.164. The van der Waals surface area contributed by atoms with Gasteiger partial charge in [-0.3, -0.25) is 0 Å². The summed E-state index contributed by atoms with van der Waals surface area (Å²) in [5.74, 6) is -0.510. The van der Waals surface area contributed by atoms with Gasteiger partial charge in [-0.05, 0) is 31.7 Å². The highest BCUT2D eigenvalue weighted by Gasteiger charge is 2.34. The molecule has 2 rings (SSSR count). The Morgan fingerprint density at radius 1 is 1.40 bits per heavy atom. The Morgan fingerprint density at radius 3 is 2.70 bits per heavy atom. The van der Waals surface area contributed by atoms with Crippen molar-refractivity contribution in [3.05, 3.63) is 29.6 Å². The fourth-order valence-electron chi connectivity index (χ4n) is 2.37. The van der Waals surface area contributed by atoms with E-state index in [1.807, 2.05) is 11.9 Å². The highest BCUT2D eigenvalue weighted by atomic mass is 32.2. The van der Waals surface area contributed by atoms with Crippen LogP contribution in [0, 0.1) is 12.7 Å². The number of aryl methyl sites for hydroxylation is 1. The molecule has 5 nitrogen and oxygen atoms in total. The summed E-state index contributed by atoms with van der Waals surface area (Å²) in [5.41, 5.74) is 6.11. The van der Waals surface area contributed by atoms with Gasteiger partial charge in [-0.1, -0.05) is 6.07 Å². The first-order chi connectivity index (χ1) is 9.36. The molecule has 0 amide bonds. The molecule has 0 bridgehead atoms. The predicted molar refractivity (Wildman–Crippen MR) is 75.4 cm³/mol. The summed E-state index contributed by atoms with van der Waals surface area (Å²) in [5, 5.41) is 0. The van der Waals surface area contributed by atoms with Gasteiger partial charge in [-0.25, -0.2) is 12.8 Å². The number of nitrogens with zero attached hydrogens (tertiary/aromatic N) is 2. The predicted octanol–water partition coefficient (Wildman–Crippen LogP) is 0.398. The van der Waals surface area contributed by atoms with Gasteiger partial charge in [-0.2, -0.15) is 4.31 Å². The van der Waals surface area contributed by atoms with Crippen LogP contribution in [-0.4, -0.2) is 56.9 Å². The molecule has 1 unspecified atom stereocenters. The number of sulfonamides is 1. The lowest BCUT2D eigenvalue weighted by atomic mass is 10.2. The molecule has 1 saturated heterocycles. The van der Waals surface area contributed by atoms with Crippen molar-refractivity contribution in [2.75, 3.05) is 33.2 Å². The fourth-order valence-corrected chi connectivity index (χ4v) is 4.00. The van der Waals surface area contributed by atoms with Gasteiger partial charge in [0.25, 0.3) is 0 Å². The average molecular weight is 301 g/mol. The van der Waals surface area contributed by atoms with Gasteiger partial charge in [0.05, 0.1) is 10.9 Å². The van der Waals surface area contributed by atoms with Crippen LogP contribution in [0.2, 0.25) is 0 Å². The average Bonchev–Trinajstić information content (AvgIpc) is 2.41. The first kappa shape index (κ1) is 15.4. The third kappa shape index (κ3) is 2.85. The maximum atomic E-state index is 13.6. The maximum Gasteiger partial charge on any atom is 0.243 e. The Balaban J connectivity index is 2.35. The Kier molecular flexibility index (Phi) is 4.43. The van der Waals surface area contributed by atoms with E-state index < -0.39 is 15.8 Å². The molecule has 1 atom stereocenters. The fraction of sp³-hybridized carbons (Fsp3) is 0.538. The van der Waals surface area contributed by atoms with Crippen LogP contribution in [-0.2, 0) is 10.0 Å². The van der Waals surface area contributed by atoms with Gasteiger partial charge in [-0.15, -0.1) is 0 Å². The van der Waals surface area contributed by atoms with Gasteiger partial charge in [0, 0.05) is 26.2 Å². The molecule has 1 fully saturated rings. The van der Waals surface area contributed by atoms with Crippen molar-refractivity contribution in [1.29, 1.82) is 0 Å². The van der Waals surface area contributed by atoms with Gasteiger partial charge < -0.3 is 10.6 Å². The van der Waals surface area contributed by atoms with Gasteiger partial charge in [0.15, 0.2) is 0 Å². The van der Waals surface area contributed by atoms with Crippen molar-refractivity contribution in [3.63, 3.8) is 0 Å². The monoisotopic (exact) mass is 301 g/mol. The molecule has 20 heavy (non-hydrogen) atoms. The highest BCUT2D eigenvalue weighted by molar-refractivity contribution is 7.89. The zero-order valence-corrected chi connectivity index (χ0v) is 12.5. The van der Waals surface area contributed by atoms with Crippen molar-refractivity contribution in [1.82, 2.24) is 9.21 Å². The minimum absolute atomic E-state index is 0.0106. The van der Waals surface area contributed by atoms with Gasteiger partial charge in [0.2, 0.25) is 10.0 Å². The van der Waals surface area contributed by atoms with Crippen LogP contribution in [0.15, 0.2) is 23.1 Å². The first-order valence-corrected chi connectivity index (χ1v) is 7.97. The van der Waals surface area contributed by atoms with Crippen molar-refractivity contribution in [2.45, 2.75) is 17.9 Å². The number of hydrogen-bond donors (Lipinski definition) is 1. The molecule has 2 N–H and O–H groups in total. The highest BCUT2D eigenvalue weighted by Crippen LogP contribution is 2.22. The largest absolute Gasteiger partial charge is 0.329 e. The summed E-state index contributed by atoms with van der Waals surface area (Å²) in [6.07, 6.45) is 0. The standard InChI is InChI=1S/C13H20FN3O2S/c1-10-3-4-12(7-13(10)14)20(18,19)17-6-5-16(2)9-11(17)8-15/h3-4,7,11H,5-6,8-9,15H2,1-2H3. The number of benzene rings is 1. The van der Waals surface area contributed by atoms with Crippen LogP contribution in [0.4, 0.5) is 4.39 Å². The molecule has 7 heteroatoms. The van der Waals surface area contributed by atoms with Gasteiger partial charge in [0.1, 0.15) is 5.82 Å². The molecule has 0 aliphatic carbocycles. The first-order valence-electron chi connectivity index (χ1n) is 6.53. The molecule has 0 spiro atoms. The van der Waals surface area contributed by atoms with E-state index in [1.54, 1.807) is 6.92 Å². The zero-order chi connectivity index (χ0) is 14.9. The lowest BCUT2D eigenvalue weighted by Gasteiger charge is -2.38. The smallest absolute Gasteiger partial charge is 0.243 e. The van der Waals surface area contributed by atoms with E-state index in [1.165, 1.54) is 16.4 Å². The summed E-state index contributed by atoms with van der Waals surface area (Å²) in [7, 11) is -1.77. The molecule has 1 aliphatic rings. The molecule has 0 aromatic heterocycles. The Morgan fingerprint density at radius 2 is 2.10 bits per heavy atom. The molecule has 1 aromatic rings. The van der Waals surface area contributed by atoms with Crippen LogP contribution >= 0.6 is 0 Å². The van der Waals surface area contributed by atoms with Gasteiger partial charge >= 0.3 is 0 Å². The van der Waals surface area contributed by atoms with E-state index in [9.17, 15) is 12.8 Å². The Hall–Kier alpha value is -1.02. The van der Waals surface area contributed by atoms with E-state index in [4.69, 9.17) is 5.73 Å². The Labute approximate surface area is 119 Å². The van der Waals surface area contributed by atoms with Crippen LogP contribution in [0.5, 0.6) is 0 Å². The zero-order valence-electron chi connectivity index (χ0n) is 11.7. The molecule has 0 saturated carbocycles. The Bertz CT molecular complexity index is 591. The third-order valence-corrected chi connectivity index (χ3v) is 5.60. The van der Waals surface area contributed by atoms with Crippen LogP contribution in [0.25, 0.3) is 0 Å². The normalized spacial score (nSPS) is 22.1. The lowest BCUT2D eigenvalue weighted by Crippen LogP contribution is -2.56. The van der Waals surface area contributed by atoms with Crippen molar-refractivity contribution in [2.24, 2.45) is 5.73 Å². The van der Waals surface area contributed by atoms with Crippen molar-refractivity contribution < 1.29 is 12.8 Å². The number of hydrogen-bond acceptors (Lipinski definition) is 4. The third-order valence-electron chi connectivity index (χ3n) is 3.65. The second-order valence-corrected chi connectivity index (χ2v) is 7.07. The number of piperazine rings is 1. The molecule has 0 radical (unpaired) electrons. The molecule has 112 valence electrons. The SMILES string of the molecule is Cc1ccc(S(=O)(=O)N2CCN(C)CC2CN)cc1F. The van der Waals surface area contributed by atoms with Crippen LogP contribution in [0.3, 0.4) is 0 Å². The minimum Gasteiger partial charge on any atom is -0.329 e. The van der Waals surface area contributed by atoms with E-state index in [2.05, 4.69) is 0 Å². The summed E-state index contributed by atoms with van der Waals surface area (Å²) in [6, 6.07) is 3.73. The second-order valence-electron chi connectivity index (χ2n) is 5.18. The maximum absolute atomic E-state index is 13.6. The van der Waals surface area contributed by atoms with E-state index in [0.29, 0.717) is 25.2 Å². The van der Waals surface area contributed by atoms with Crippen molar-refractivity contribution in [3.8, 4) is 0 Å². The molecule has 1 heterocycles. The molecule has 1 aromatic carbocycles. The van der Waals surface area contributed by atoms with E-state index in [-0.39, 0.29) is 17.5 Å². The van der Waals surface area contributed by atoms with E-state index in [0.717, 1.165) is 6.07 Å². The second kappa shape index (κ2) is 5.77. The van der Waals surface area contributed by atoms with E-state index >= 15 is 0 Å². The van der Waals surface area contributed by atoms with Crippen molar-refractivity contribution >= 4 is 10.0 Å². The number of nitrogens with two attached hydrogens (primary N) is 1. The van der Waals surface area contributed by atoms with Crippen LogP contribution < -0.4 is 5.73 Å². The number of likely N-dealkylation sites (N-methyl/N-ethyl adjacent to an activating group) is 1. The summed E-state index contributed by atoms with van der Waals surface area (Å²) < 4.78 is 40.2. The summed E-state index contributed by atoms with van der Waals surface area (Å²) in [4.78, 5) is 2.03. The molecule has 1 aliphatic heterocycles. The minimum atomic E-state index is -3.70. The molecular weight excluding hydrogens is 281 g/mol.